The molecule has 1 amide bonds. The molecule has 2 N–H and O–H groups in total. The Morgan fingerprint density at radius 3 is 2.67 bits per heavy atom. The number of carbonyl (C=O) groups excluding carboxylic acids is 1. The molecule has 1 unspecified atom stereocenters. The Kier molecular flexibility index (Phi) is 4.17. The van der Waals surface area contributed by atoms with Crippen molar-refractivity contribution in [3.05, 3.63) is 33.9 Å². The van der Waals surface area contributed by atoms with Gasteiger partial charge in [-0.3, -0.25) is 14.9 Å². The van der Waals surface area contributed by atoms with Gasteiger partial charge in [-0.05, 0) is 32.7 Å². The van der Waals surface area contributed by atoms with Gasteiger partial charge in [-0.1, -0.05) is 0 Å². The largest absolute Gasteiger partial charge is 0.322 e. The van der Waals surface area contributed by atoms with E-state index in [0.717, 1.165) is 12.8 Å². The number of rotatable bonds is 3. The molecule has 0 spiro atoms. The normalized spacial score (nSPS) is 21.9. The minimum absolute atomic E-state index is 0.393. The highest BCUT2D eigenvalue weighted by Gasteiger charge is 2.35. The van der Waals surface area contributed by atoms with Gasteiger partial charge in [0.15, 0.2) is 0 Å². The summed E-state index contributed by atoms with van der Waals surface area (Å²) in [6.07, 6.45) is 2.37. The molecule has 0 aliphatic carbocycles. The molecule has 0 radical (unpaired) electrons. The highest BCUT2D eigenvalue weighted by Crippen LogP contribution is 2.27. The maximum absolute atomic E-state index is 13.6. The molecule has 1 heterocycles. The Morgan fingerprint density at radius 2 is 2.10 bits per heavy atom. The molecule has 0 aromatic heterocycles. The number of carbonyl (C=O) groups is 1. The average molecular weight is 299 g/mol. The van der Waals surface area contributed by atoms with Crippen LogP contribution in [0.25, 0.3) is 0 Å². The van der Waals surface area contributed by atoms with Crippen LogP contribution in [0.3, 0.4) is 0 Å². The van der Waals surface area contributed by atoms with Gasteiger partial charge in [0.05, 0.1) is 16.1 Å². The molecule has 1 aromatic rings. The Morgan fingerprint density at radius 1 is 1.38 bits per heavy atom. The minimum atomic E-state index is -1.28. The molecule has 1 aromatic carbocycles. The number of halogens is 2. The molecule has 21 heavy (non-hydrogen) atoms. The van der Waals surface area contributed by atoms with Crippen LogP contribution in [0.15, 0.2) is 12.1 Å². The number of benzene rings is 1. The van der Waals surface area contributed by atoms with Crippen LogP contribution in [0.2, 0.25) is 0 Å². The van der Waals surface area contributed by atoms with Crippen LogP contribution in [0, 0.1) is 21.7 Å². The summed E-state index contributed by atoms with van der Waals surface area (Å²) in [6.45, 7) is 2.34. The van der Waals surface area contributed by atoms with E-state index in [-0.39, 0.29) is 0 Å². The second-order valence-corrected chi connectivity index (χ2v) is 5.21. The van der Waals surface area contributed by atoms with E-state index < -0.39 is 39.4 Å². The summed E-state index contributed by atoms with van der Waals surface area (Å²) in [5.41, 5.74) is -2.15. The summed E-state index contributed by atoms with van der Waals surface area (Å²) in [6, 6.07) is 1.08. The van der Waals surface area contributed by atoms with E-state index in [9.17, 15) is 23.7 Å². The summed E-state index contributed by atoms with van der Waals surface area (Å²) in [5, 5.41) is 16.0. The lowest BCUT2D eigenvalue weighted by atomic mass is 9.90. The Labute approximate surface area is 119 Å². The molecule has 8 heteroatoms. The van der Waals surface area contributed by atoms with Gasteiger partial charge >= 0.3 is 5.69 Å². The fraction of sp³-hybridized carbons (Fsp3) is 0.462. The van der Waals surface area contributed by atoms with Crippen molar-refractivity contribution in [1.82, 2.24) is 5.32 Å². The fourth-order valence-electron chi connectivity index (χ4n) is 2.28. The van der Waals surface area contributed by atoms with Gasteiger partial charge in [0.2, 0.25) is 11.7 Å². The van der Waals surface area contributed by atoms with Crippen molar-refractivity contribution in [3.8, 4) is 0 Å². The van der Waals surface area contributed by atoms with Crippen molar-refractivity contribution < 1.29 is 18.5 Å². The molecular weight excluding hydrogens is 284 g/mol. The molecule has 0 bridgehead atoms. The van der Waals surface area contributed by atoms with E-state index in [1.54, 1.807) is 6.92 Å². The van der Waals surface area contributed by atoms with E-state index in [0.29, 0.717) is 25.1 Å². The molecule has 1 saturated heterocycles. The van der Waals surface area contributed by atoms with Crippen molar-refractivity contribution in [2.75, 3.05) is 11.9 Å². The summed E-state index contributed by atoms with van der Waals surface area (Å²) in [7, 11) is 0. The van der Waals surface area contributed by atoms with E-state index in [1.165, 1.54) is 0 Å². The third-order valence-electron chi connectivity index (χ3n) is 3.60. The first-order chi connectivity index (χ1) is 9.83. The molecule has 1 aliphatic rings. The third-order valence-corrected chi connectivity index (χ3v) is 3.60. The number of amides is 1. The summed E-state index contributed by atoms with van der Waals surface area (Å²) < 4.78 is 26.9. The molecule has 1 atom stereocenters. The van der Waals surface area contributed by atoms with Gasteiger partial charge in [-0.2, -0.15) is 4.39 Å². The second-order valence-electron chi connectivity index (χ2n) is 5.21. The predicted octanol–water partition coefficient (Wildman–Crippen LogP) is 2.34. The number of piperidine rings is 1. The Balaban J connectivity index is 2.24. The number of nitro benzene ring substituents is 1. The number of nitrogens with zero attached hydrogens (tertiary/aromatic N) is 1. The molecule has 2 rings (SSSR count). The zero-order chi connectivity index (χ0) is 15.6. The zero-order valence-corrected chi connectivity index (χ0v) is 11.4. The van der Waals surface area contributed by atoms with Crippen molar-refractivity contribution in [2.24, 2.45) is 0 Å². The first-order valence-corrected chi connectivity index (χ1v) is 6.53. The fourth-order valence-corrected chi connectivity index (χ4v) is 2.28. The van der Waals surface area contributed by atoms with Crippen LogP contribution in [-0.2, 0) is 4.79 Å². The highest BCUT2D eigenvalue weighted by atomic mass is 19.1. The van der Waals surface area contributed by atoms with Gasteiger partial charge in [0.25, 0.3) is 0 Å². The van der Waals surface area contributed by atoms with Gasteiger partial charge in [0, 0.05) is 12.1 Å². The van der Waals surface area contributed by atoms with Crippen molar-refractivity contribution in [2.45, 2.75) is 31.7 Å². The Hall–Kier alpha value is -2.09. The summed E-state index contributed by atoms with van der Waals surface area (Å²) in [4.78, 5) is 21.9. The first-order valence-electron chi connectivity index (χ1n) is 6.53. The number of anilines is 1. The average Bonchev–Trinajstić information content (AvgIpc) is 2.42. The number of hydrogen-bond donors (Lipinski definition) is 2. The molecule has 6 nitrogen and oxygen atoms in total. The van der Waals surface area contributed by atoms with Crippen LogP contribution in [0.5, 0.6) is 0 Å². The van der Waals surface area contributed by atoms with E-state index in [1.807, 2.05) is 0 Å². The lowest BCUT2D eigenvalue weighted by Crippen LogP contribution is -2.54. The van der Waals surface area contributed by atoms with Gasteiger partial charge in [-0.25, -0.2) is 4.39 Å². The van der Waals surface area contributed by atoms with Crippen LogP contribution in [-0.4, -0.2) is 22.9 Å². The van der Waals surface area contributed by atoms with Crippen molar-refractivity contribution >= 4 is 17.3 Å². The van der Waals surface area contributed by atoms with Crippen LogP contribution >= 0.6 is 0 Å². The Bertz CT molecular complexity index is 586. The van der Waals surface area contributed by atoms with Crippen LogP contribution < -0.4 is 10.6 Å². The first kappa shape index (κ1) is 15.3. The molecular formula is C13H15F2N3O3. The topological polar surface area (TPSA) is 84.3 Å². The molecule has 0 saturated carbocycles. The van der Waals surface area contributed by atoms with E-state index in [4.69, 9.17) is 0 Å². The third kappa shape index (κ3) is 3.15. The maximum atomic E-state index is 13.6. The minimum Gasteiger partial charge on any atom is -0.322 e. The summed E-state index contributed by atoms with van der Waals surface area (Å²) in [5.74, 6) is -2.83. The van der Waals surface area contributed by atoms with Gasteiger partial charge in [-0.15, -0.1) is 0 Å². The molecule has 114 valence electrons. The van der Waals surface area contributed by atoms with Crippen molar-refractivity contribution in [1.29, 1.82) is 0 Å². The van der Waals surface area contributed by atoms with E-state index >= 15 is 0 Å². The van der Waals surface area contributed by atoms with E-state index in [2.05, 4.69) is 10.6 Å². The number of hydrogen-bond acceptors (Lipinski definition) is 4. The predicted molar refractivity (Wildman–Crippen MR) is 71.9 cm³/mol. The van der Waals surface area contributed by atoms with Gasteiger partial charge < -0.3 is 10.6 Å². The SMILES string of the molecule is CC1(C(=O)Nc2cc([N+](=O)[O-])c(F)cc2F)CCCCN1. The second kappa shape index (κ2) is 5.72. The lowest BCUT2D eigenvalue weighted by Gasteiger charge is -2.33. The summed E-state index contributed by atoms with van der Waals surface area (Å²) >= 11 is 0. The van der Waals surface area contributed by atoms with Crippen LogP contribution in [0.1, 0.15) is 26.2 Å². The van der Waals surface area contributed by atoms with Gasteiger partial charge in [0.1, 0.15) is 5.82 Å². The molecule has 1 aliphatic heterocycles. The monoisotopic (exact) mass is 299 g/mol. The number of nitrogens with one attached hydrogen (secondary N) is 2. The number of nitro groups is 1. The zero-order valence-electron chi connectivity index (χ0n) is 11.4. The smallest absolute Gasteiger partial charge is 0.307 e. The van der Waals surface area contributed by atoms with Crippen LogP contribution in [0.4, 0.5) is 20.2 Å². The standard InChI is InChI=1S/C13H15F2N3O3/c1-13(4-2-3-5-16-13)12(19)17-10-7-11(18(20)21)9(15)6-8(10)14/h6-7,16H,2-5H2,1H3,(H,17,19). The quantitative estimate of drug-likeness (QED) is 0.663. The van der Waals surface area contributed by atoms with Crippen molar-refractivity contribution in [3.63, 3.8) is 0 Å². The molecule has 1 fully saturated rings. The highest BCUT2D eigenvalue weighted by molar-refractivity contribution is 5.98. The maximum Gasteiger partial charge on any atom is 0.307 e. The lowest BCUT2D eigenvalue weighted by molar-refractivity contribution is -0.387.